The highest BCUT2D eigenvalue weighted by Gasteiger charge is 2.05. The Balaban J connectivity index is 1.91. The third kappa shape index (κ3) is 3.52. The van der Waals surface area contributed by atoms with Gasteiger partial charge in [-0.1, -0.05) is 30.3 Å². The molecule has 0 saturated carbocycles. The Morgan fingerprint density at radius 3 is 2.33 bits per heavy atom. The van der Waals surface area contributed by atoms with E-state index in [1.807, 2.05) is 30.3 Å². The number of rotatable bonds is 5. The van der Waals surface area contributed by atoms with Gasteiger partial charge in [-0.05, 0) is 29.8 Å². The van der Waals surface area contributed by atoms with Crippen LogP contribution in [0.3, 0.4) is 0 Å². The van der Waals surface area contributed by atoms with Crippen LogP contribution in [0.2, 0.25) is 0 Å². The Morgan fingerprint density at radius 1 is 1.06 bits per heavy atom. The van der Waals surface area contributed by atoms with Gasteiger partial charge in [-0.25, -0.2) is 0 Å². The number of hydrogen-bond acceptors (Lipinski definition) is 3. The molecule has 0 aliphatic heterocycles. The van der Waals surface area contributed by atoms with Crippen LogP contribution in [-0.4, -0.2) is 12.9 Å². The fourth-order valence-electron chi connectivity index (χ4n) is 1.65. The number of thioether (sulfide) groups is 1. The summed E-state index contributed by atoms with van der Waals surface area (Å²) in [6.07, 6.45) is 0. The second kappa shape index (κ2) is 6.47. The molecule has 2 aromatic carbocycles. The average molecular weight is 259 g/mol. The topological polar surface area (TPSA) is 35.2 Å². The maximum Gasteiger partial charge on any atom is 0.118 e. The fraction of sp³-hybridized carbons (Fsp3) is 0.200. The Kier molecular flexibility index (Phi) is 4.67. The van der Waals surface area contributed by atoms with Gasteiger partial charge in [0.05, 0.1) is 7.11 Å². The monoisotopic (exact) mass is 259 g/mol. The van der Waals surface area contributed by atoms with E-state index >= 15 is 0 Å². The molecule has 0 unspecified atom stereocenters. The van der Waals surface area contributed by atoms with Crippen molar-refractivity contribution in [1.82, 2.24) is 0 Å². The van der Waals surface area contributed by atoms with Crippen molar-refractivity contribution in [2.24, 2.45) is 5.73 Å². The van der Waals surface area contributed by atoms with E-state index in [2.05, 4.69) is 24.3 Å². The van der Waals surface area contributed by atoms with Crippen molar-refractivity contribution in [2.45, 2.75) is 10.9 Å². The summed E-state index contributed by atoms with van der Waals surface area (Å²) < 4.78 is 5.13. The van der Waals surface area contributed by atoms with E-state index in [-0.39, 0.29) is 6.04 Å². The fourth-order valence-corrected chi connectivity index (χ4v) is 2.55. The Hall–Kier alpha value is -1.45. The summed E-state index contributed by atoms with van der Waals surface area (Å²) in [5.74, 6) is 1.75. The van der Waals surface area contributed by atoms with Crippen LogP contribution < -0.4 is 10.5 Å². The minimum Gasteiger partial charge on any atom is -0.497 e. The molecule has 2 nitrogen and oxygen atoms in total. The van der Waals surface area contributed by atoms with Crippen molar-refractivity contribution in [2.75, 3.05) is 12.9 Å². The van der Waals surface area contributed by atoms with Gasteiger partial charge in [0.2, 0.25) is 0 Å². The van der Waals surface area contributed by atoms with Gasteiger partial charge < -0.3 is 10.5 Å². The summed E-state index contributed by atoms with van der Waals surface area (Å²) >= 11 is 1.76. The second-order valence-corrected chi connectivity index (χ2v) is 5.10. The Morgan fingerprint density at radius 2 is 1.72 bits per heavy atom. The lowest BCUT2D eigenvalue weighted by molar-refractivity contribution is 0.414. The molecule has 2 N–H and O–H groups in total. The molecule has 0 bridgehead atoms. The third-order valence-electron chi connectivity index (χ3n) is 2.72. The van der Waals surface area contributed by atoms with Crippen LogP contribution in [0.1, 0.15) is 11.6 Å². The minimum atomic E-state index is 0.0679. The molecule has 18 heavy (non-hydrogen) atoms. The zero-order valence-corrected chi connectivity index (χ0v) is 11.2. The first-order valence-electron chi connectivity index (χ1n) is 5.87. The summed E-state index contributed by atoms with van der Waals surface area (Å²) in [4.78, 5) is 1.21. The third-order valence-corrected chi connectivity index (χ3v) is 3.85. The standard InChI is InChI=1S/C15H17NOS/c1-17-13-7-9-14(10-8-13)18-11-15(16)12-5-3-2-4-6-12/h2-10,15H,11,16H2,1H3/t15-/m0/s1. The average Bonchev–Trinajstić information content (AvgIpc) is 2.46. The van der Waals surface area contributed by atoms with Gasteiger partial charge in [0.1, 0.15) is 5.75 Å². The van der Waals surface area contributed by atoms with Gasteiger partial charge in [-0.3, -0.25) is 0 Å². The first-order valence-corrected chi connectivity index (χ1v) is 6.85. The Bertz CT molecular complexity index is 470. The van der Waals surface area contributed by atoms with E-state index < -0.39 is 0 Å². The van der Waals surface area contributed by atoms with Crippen LogP contribution in [0.4, 0.5) is 0 Å². The van der Waals surface area contributed by atoms with Crippen molar-refractivity contribution >= 4 is 11.8 Å². The summed E-state index contributed by atoms with van der Waals surface area (Å²) in [5.41, 5.74) is 7.33. The highest BCUT2D eigenvalue weighted by molar-refractivity contribution is 7.99. The molecule has 1 atom stereocenters. The quantitative estimate of drug-likeness (QED) is 0.835. The molecule has 0 aliphatic rings. The molecule has 0 amide bonds. The molecule has 2 aromatic rings. The summed E-state index contributed by atoms with van der Waals surface area (Å²) in [6.45, 7) is 0. The largest absolute Gasteiger partial charge is 0.497 e. The molecule has 0 fully saturated rings. The molecule has 0 radical (unpaired) electrons. The van der Waals surface area contributed by atoms with E-state index in [1.165, 1.54) is 10.5 Å². The maximum atomic E-state index is 6.15. The summed E-state index contributed by atoms with van der Waals surface area (Å²) in [5, 5.41) is 0. The number of benzene rings is 2. The van der Waals surface area contributed by atoms with Crippen LogP contribution in [0.25, 0.3) is 0 Å². The molecular weight excluding hydrogens is 242 g/mol. The van der Waals surface area contributed by atoms with Crippen LogP contribution in [0.15, 0.2) is 59.5 Å². The molecule has 0 spiro atoms. The van der Waals surface area contributed by atoms with Gasteiger partial charge in [-0.15, -0.1) is 11.8 Å². The van der Waals surface area contributed by atoms with Crippen LogP contribution >= 0.6 is 11.8 Å². The molecule has 0 aliphatic carbocycles. The predicted octanol–water partition coefficient (Wildman–Crippen LogP) is 3.49. The molecule has 3 heteroatoms. The maximum absolute atomic E-state index is 6.15. The highest BCUT2D eigenvalue weighted by Crippen LogP contribution is 2.25. The Labute approximate surface area is 112 Å². The normalized spacial score (nSPS) is 12.1. The van der Waals surface area contributed by atoms with Crippen LogP contribution in [-0.2, 0) is 0 Å². The number of nitrogens with two attached hydrogens (primary N) is 1. The van der Waals surface area contributed by atoms with Gasteiger partial charge in [-0.2, -0.15) is 0 Å². The van der Waals surface area contributed by atoms with Gasteiger partial charge >= 0.3 is 0 Å². The van der Waals surface area contributed by atoms with Gasteiger partial charge in [0.25, 0.3) is 0 Å². The van der Waals surface area contributed by atoms with Gasteiger partial charge in [0.15, 0.2) is 0 Å². The molecule has 0 aromatic heterocycles. The highest BCUT2D eigenvalue weighted by atomic mass is 32.2. The number of methoxy groups -OCH3 is 1. The first kappa shape index (κ1) is 13.0. The lowest BCUT2D eigenvalue weighted by Crippen LogP contribution is -2.12. The smallest absolute Gasteiger partial charge is 0.118 e. The van der Waals surface area contributed by atoms with Crippen LogP contribution in [0, 0.1) is 0 Å². The SMILES string of the molecule is COc1ccc(SC[C@H](N)c2ccccc2)cc1. The minimum absolute atomic E-state index is 0.0679. The van der Waals surface area contributed by atoms with Crippen molar-refractivity contribution in [1.29, 1.82) is 0 Å². The molecule has 2 rings (SSSR count). The number of hydrogen-bond donors (Lipinski definition) is 1. The van der Waals surface area contributed by atoms with Crippen molar-refractivity contribution in [3.63, 3.8) is 0 Å². The molecular formula is C15H17NOS. The zero-order valence-electron chi connectivity index (χ0n) is 10.4. The van der Waals surface area contributed by atoms with E-state index in [4.69, 9.17) is 10.5 Å². The van der Waals surface area contributed by atoms with Gasteiger partial charge in [0, 0.05) is 16.7 Å². The van der Waals surface area contributed by atoms with E-state index in [0.29, 0.717) is 0 Å². The summed E-state index contributed by atoms with van der Waals surface area (Å²) in [7, 11) is 1.67. The molecule has 94 valence electrons. The summed E-state index contributed by atoms with van der Waals surface area (Å²) in [6, 6.07) is 18.3. The molecule has 0 saturated heterocycles. The van der Waals surface area contributed by atoms with Crippen molar-refractivity contribution < 1.29 is 4.74 Å². The van der Waals surface area contributed by atoms with E-state index in [0.717, 1.165) is 11.5 Å². The lowest BCUT2D eigenvalue weighted by Gasteiger charge is -2.11. The molecule has 0 heterocycles. The second-order valence-electron chi connectivity index (χ2n) is 4.00. The predicted molar refractivity (Wildman–Crippen MR) is 77.1 cm³/mol. The van der Waals surface area contributed by atoms with Crippen LogP contribution in [0.5, 0.6) is 5.75 Å². The van der Waals surface area contributed by atoms with Crippen molar-refractivity contribution in [3.05, 3.63) is 60.2 Å². The lowest BCUT2D eigenvalue weighted by atomic mass is 10.1. The zero-order chi connectivity index (χ0) is 12.8. The van der Waals surface area contributed by atoms with E-state index in [1.54, 1.807) is 18.9 Å². The number of ether oxygens (including phenoxy) is 1. The van der Waals surface area contributed by atoms with Crippen molar-refractivity contribution in [3.8, 4) is 5.75 Å². The van der Waals surface area contributed by atoms with E-state index in [9.17, 15) is 0 Å². The first-order chi connectivity index (χ1) is 8.79.